The molecule has 0 spiro atoms. The van der Waals surface area contributed by atoms with Gasteiger partial charge in [-0.1, -0.05) is 24.3 Å². The number of hydrogen-bond acceptors (Lipinski definition) is 3. The minimum Gasteiger partial charge on any atom is -0.334 e. The van der Waals surface area contributed by atoms with E-state index in [-0.39, 0.29) is 17.5 Å². The monoisotopic (exact) mass is 362 g/mol. The standard InChI is InChI=1S/C20H18N4O3/c1-2-11-21-20(27)23-14-9-7-13(8-10-14)22-19(26)16-12-18(25)24-17-6-4-3-5-15(16)17/h2-10,12H,1,11H2,(H,22,26)(H,24,25)(H2,21,23,27). The summed E-state index contributed by atoms with van der Waals surface area (Å²) in [6, 6.07) is 14.7. The molecule has 0 radical (unpaired) electrons. The molecular weight excluding hydrogens is 344 g/mol. The molecule has 136 valence electrons. The zero-order valence-corrected chi connectivity index (χ0v) is 14.4. The second kappa shape index (κ2) is 8.01. The smallest absolute Gasteiger partial charge is 0.319 e. The van der Waals surface area contributed by atoms with Gasteiger partial charge in [0.25, 0.3) is 5.91 Å². The summed E-state index contributed by atoms with van der Waals surface area (Å²) >= 11 is 0. The summed E-state index contributed by atoms with van der Waals surface area (Å²) in [5.74, 6) is -0.387. The van der Waals surface area contributed by atoms with Crippen molar-refractivity contribution in [1.82, 2.24) is 10.3 Å². The Morgan fingerprint density at radius 3 is 2.37 bits per heavy atom. The molecule has 0 aliphatic rings. The lowest BCUT2D eigenvalue weighted by atomic mass is 10.1. The van der Waals surface area contributed by atoms with Crippen LogP contribution in [0.5, 0.6) is 0 Å². The van der Waals surface area contributed by atoms with Crippen LogP contribution >= 0.6 is 0 Å². The van der Waals surface area contributed by atoms with Gasteiger partial charge in [-0.15, -0.1) is 6.58 Å². The number of nitrogens with one attached hydrogen (secondary N) is 4. The van der Waals surface area contributed by atoms with Crippen LogP contribution in [-0.4, -0.2) is 23.5 Å². The molecule has 1 aromatic heterocycles. The number of amides is 3. The van der Waals surface area contributed by atoms with E-state index in [4.69, 9.17) is 0 Å². The average Bonchev–Trinajstić information content (AvgIpc) is 2.67. The molecule has 0 fully saturated rings. The number of pyridine rings is 1. The van der Waals surface area contributed by atoms with Gasteiger partial charge in [-0.05, 0) is 30.3 Å². The highest BCUT2D eigenvalue weighted by Crippen LogP contribution is 2.18. The van der Waals surface area contributed by atoms with Crippen LogP contribution in [-0.2, 0) is 0 Å². The number of para-hydroxylation sites is 1. The van der Waals surface area contributed by atoms with Crippen molar-refractivity contribution in [2.45, 2.75) is 0 Å². The van der Waals surface area contributed by atoms with Crippen LogP contribution < -0.4 is 21.5 Å². The third-order valence-electron chi connectivity index (χ3n) is 3.80. The summed E-state index contributed by atoms with van der Waals surface area (Å²) in [6.07, 6.45) is 1.58. The van der Waals surface area contributed by atoms with E-state index in [1.807, 2.05) is 0 Å². The maximum absolute atomic E-state index is 12.6. The molecule has 0 bridgehead atoms. The summed E-state index contributed by atoms with van der Waals surface area (Å²) in [5, 5.41) is 8.68. The van der Waals surface area contributed by atoms with Crippen molar-refractivity contribution in [1.29, 1.82) is 0 Å². The molecule has 0 saturated heterocycles. The minimum atomic E-state index is -0.387. The fraction of sp³-hybridized carbons (Fsp3) is 0.0500. The molecular formula is C20H18N4O3. The highest BCUT2D eigenvalue weighted by molar-refractivity contribution is 6.12. The Hall–Kier alpha value is -3.87. The molecule has 2 aromatic carbocycles. The number of fused-ring (bicyclic) bond motifs is 1. The molecule has 3 aromatic rings. The van der Waals surface area contributed by atoms with E-state index < -0.39 is 0 Å². The number of carbonyl (C=O) groups is 2. The molecule has 7 heteroatoms. The third kappa shape index (κ3) is 4.40. The SMILES string of the molecule is C=CCNC(=O)Nc1ccc(NC(=O)c2cc(=O)[nH]c3ccccc23)cc1. The van der Waals surface area contributed by atoms with Crippen LogP contribution in [0.25, 0.3) is 10.9 Å². The lowest BCUT2D eigenvalue weighted by molar-refractivity contribution is 0.102. The van der Waals surface area contributed by atoms with Gasteiger partial charge in [-0.3, -0.25) is 9.59 Å². The second-order valence-electron chi connectivity index (χ2n) is 5.75. The molecule has 1 heterocycles. The Morgan fingerprint density at radius 2 is 1.67 bits per heavy atom. The van der Waals surface area contributed by atoms with Crippen molar-refractivity contribution in [3.63, 3.8) is 0 Å². The fourth-order valence-electron chi connectivity index (χ4n) is 2.57. The van der Waals surface area contributed by atoms with Gasteiger partial charge in [0.05, 0.1) is 5.56 Å². The molecule has 3 rings (SSSR count). The summed E-state index contributed by atoms with van der Waals surface area (Å²) in [7, 11) is 0. The van der Waals surface area contributed by atoms with Crippen molar-refractivity contribution in [2.24, 2.45) is 0 Å². The van der Waals surface area contributed by atoms with Crippen LogP contribution in [0, 0.1) is 0 Å². The Balaban J connectivity index is 1.74. The number of urea groups is 1. The molecule has 27 heavy (non-hydrogen) atoms. The first kappa shape index (κ1) is 17.9. The molecule has 0 unspecified atom stereocenters. The van der Waals surface area contributed by atoms with Gasteiger partial charge in [-0.2, -0.15) is 0 Å². The van der Waals surface area contributed by atoms with Gasteiger partial charge < -0.3 is 20.9 Å². The van der Waals surface area contributed by atoms with Gasteiger partial charge in [0.2, 0.25) is 5.56 Å². The maximum Gasteiger partial charge on any atom is 0.319 e. The topological polar surface area (TPSA) is 103 Å². The quantitative estimate of drug-likeness (QED) is 0.524. The predicted molar refractivity (Wildman–Crippen MR) is 106 cm³/mol. The number of rotatable bonds is 5. The number of aromatic nitrogens is 1. The van der Waals surface area contributed by atoms with E-state index in [1.54, 1.807) is 54.6 Å². The Morgan fingerprint density at radius 1 is 1.00 bits per heavy atom. The molecule has 0 saturated carbocycles. The molecule has 4 N–H and O–H groups in total. The van der Waals surface area contributed by atoms with E-state index in [2.05, 4.69) is 27.5 Å². The van der Waals surface area contributed by atoms with E-state index in [0.29, 0.717) is 34.4 Å². The highest BCUT2D eigenvalue weighted by Gasteiger charge is 2.12. The zero-order valence-electron chi connectivity index (χ0n) is 14.4. The minimum absolute atomic E-state index is 0.292. The number of H-pyrrole nitrogens is 1. The lowest BCUT2D eigenvalue weighted by Crippen LogP contribution is -2.28. The van der Waals surface area contributed by atoms with Crippen LogP contribution in [0.4, 0.5) is 16.2 Å². The molecule has 7 nitrogen and oxygen atoms in total. The summed E-state index contributed by atoms with van der Waals surface area (Å²) in [5.41, 5.74) is 1.67. The van der Waals surface area contributed by atoms with Crippen molar-refractivity contribution in [3.05, 3.63) is 83.2 Å². The summed E-state index contributed by atoms with van der Waals surface area (Å²) < 4.78 is 0. The summed E-state index contributed by atoms with van der Waals surface area (Å²) in [4.78, 5) is 38.7. The number of benzene rings is 2. The van der Waals surface area contributed by atoms with E-state index in [9.17, 15) is 14.4 Å². The summed E-state index contributed by atoms with van der Waals surface area (Å²) in [6.45, 7) is 3.89. The number of aromatic amines is 1. The Kier molecular flexibility index (Phi) is 5.32. The number of carbonyl (C=O) groups excluding carboxylic acids is 2. The normalized spacial score (nSPS) is 10.2. The lowest BCUT2D eigenvalue weighted by Gasteiger charge is -2.09. The highest BCUT2D eigenvalue weighted by atomic mass is 16.2. The molecule has 0 aliphatic heterocycles. The molecule has 3 amide bonds. The largest absolute Gasteiger partial charge is 0.334 e. The van der Waals surface area contributed by atoms with Crippen LogP contribution in [0.2, 0.25) is 0 Å². The van der Waals surface area contributed by atoms with E-state index in [0.717, 1.165) is 0 Å². The van der Waals surface area contributed by atoms with Crippen molar-refractivity contribution < 1.29 is 9.59 Å². The molecule has 0 aliphatic carbocycles. The Labute approximate surface area is 155 Å². The first-order valence-electron chi connectivity index (χ1n) is 8.26. The van der Waals surface area contributed by atoms with Crippen molar-refractivity contribution >= 4 is 34.2 Å². The maximum atomic E-state index is 12.6. The third-order valence-corrected chi connectivity index (χ3v) is 3.80. The van der Waals surface area contributed by atoms with Gasteiger partial charge in [0.1, 0.15) is 0 Å². The Bertz CT molecular complexity index is 1050. The average molecular weight is 362 g/mol. The zero-order chi connectivity index (χ0) is 19.2. The van der Waals surface area contributed by atoms with Gasteiger partial charge in [-0.25, -0.2) is 4.79 Å². The first-order valence-corrected chi connectivity index (χ1v) is 8.26. The van der Waals surface area contributed by atoms with Crippen LogP contribution in [0.15, 0.2) is 72.0 Å². The predicted octanol–water partition coefficient (Wildman–Crippen LogP) is 3.09. The van der Waals surface area contributed by atoms with Crippen molar-refractivity contribution in [2.75, 3.05) is 17.2 Å². The van der Waals surface area contributed by atoms with Gasteiger partial charge in [0.15, 0.2) is 0 Å². The van der Waals surface area contributed by atoms with Crippen LogP contribution in [0.1, 0.15) is 10.4 Å². The number of hydrogen-bond donors (Lipinski definition) is 4. The van der Waals surface area contributed by atoms with Crippen LogP contribution in [0.3, 0.4) is 0 Å². The van der Waals surface area contributed by atoms with E-state index >= 15 is 0 Å². The van der Waals surface area contributed by atoms with Gasteiger partial charge >= 0.3 is 6.03 Å². The fourth-order valence-corrected chi connectivity index (χ4v) is 2.57. The van der Waals surface area contributed by atoms with Crippen molar-refractivity contribution in [3.8, 4) is 0 Å². The van der Waals surface area contributed by atoms with Gasteiger partial charge in [0, 0.05) is 34.9 Å². The molecule has 0 atom stereocenters. The first-order chi connectivity index (χ1) is 13.1. The number of anilines is 2. The second-order valence-corrected chi connectivity index (χ2v) is 5.75. The van der Waals surface area contributed by atoms with E-state index in [1.165, 1.54) is 6.07 Å².